The molecule has 0 radical (unpaired) electrons. The second-order valence-electron chi connectivity index (χ2n) is 0. The summed E-state index contributed by atoms with van der Waals surface area (Å²) in [4.78, 5) is 0. The van der Waals surface area contributed by atoms with Crippen molar-refractivity contribution in [2.24, 2.45) is 0 Å². The van der Waals surface area contributed by atoms with Crippen LogP contribution in [0.1, 0.15) is 0 Å². The normalized spacial score (nSPS) is 0. The molecule has 0 aromatic carbocycles. The zero-order chi connectivity index (χ0) is 0. The maximum Gasteiger partial charge on any atom is 3.00 e. The molecule has 0 aliphatic carbocycles. The van der Waals surface area contributed by atoms with Gasteiger partial charge in [-0.05, 0) is 0 Å². The van der Waals surface area contributed by atoms with Crippen molar-refractivity contribution < 1.29 is 89.4 Å². The predicted molar refractivity (Wildman–Crippen MR) is 32.7 cm³/mol. The molecule has 0 saturated carbocycles. The fourth-order valence-electron chi connectivity index (χ4n) is 0. The Bertz CT molecular complexity index is 26.1. The van der Waals surface area contributed by atoms with Crippen molar-refractivity contribution in [3.8, 4) is 0 Å². The molecule has 5 N–H and O–H groups in total. The SMILES string of the molecule is [Al+3].[Al+3].[Ca+2].[Ca+2].[Cl-].[Cl-].[Cl-].[Cl-].[Cl-].[OH-].[OH-].[OH-].[OH-].[OH-]. The first-order chi connectivity index (χ1) is 0. The molecule has 0 heterocycles. The van der Waals surface area contributed by atoms with Crippen LogP contribution in [-0.4, -0.2) is 138 Å². The first-order valence-corrected chi connectivity index (χ1v) is 0. The fraction of sp³-hybridized carbons (Fsp3) is 0. The Hall–Kier alpha value is 4.83. The van der Waals surface area contributed by atoms with Crippen molar-refractivity contribution in [2.45, 2.75) is 0 Å². The van der Waals surface area contributed by atoms with E-state index in [9.17, 15) is 0 Å². The van der Waals surface area contributed by atoms with Crippen LogP contribution in [0.4, 0.5) is 0 Å². The molecule has 0 atom stereocenters. The van der Waals surface area contributed by atoms with E-state index in [0.717, 1.165) is 0 Å². The van der Waals surface area contributed by atoms with Crippen molar-refractivity contribution >= 4 is 110 Å². The standard InChI is InChI=1S/2Al.2Ca.5ClH.5H2O/h;;;;5*1H;5*1H2/q2*+3;2*+2;;;;;;;;;;/p-10. The van der Waals surface area contributed by atoms with Gasteiger partial charge >= 0.3 is 110 Å². The average molecular weight is 396 g/mol. The molecule has 0 unspecified atom stereocenters. The van der Waals surface area contributed by atoms with Gasteiger partial charge in [0, 0.05) is 0 Å². The molecule has 0 aliphatic heterocycles. The third-order valence-electron chi connectivity index (χ3n) is 0. The average Bonchev–Trinajstić information content (AvgIpc) is 0. The summed E-state index contributed by atoms with van der Waals surface area (Å²) in [7, 11) is 0. The molecule has 0 aromatic heterocycles. The van der Waals surface area contributed by atoms with Crippen LogP contribution in [0.15, 0.2) is 0 Å². The van der Waals surface area contributed by atoms with Gasteiger partial charge in [0.05, 0.1) is 0 Å². The van der Waals surface area contributed by atoms with Gasteiger partial charge in [-0.2, -0.15) is 0 Å². The van der Waals surface area contributed by atoms with Gasteiger partial charge in [0.1, 0.15) is 0 Å². The van der Waals surface area contributed by atoms with Crippen LogP contribution >= 0.6 is 0 Å². The van der Waals surface area contributed by atoms with Crippen LogP contribution < -0.4 is 62.0 Å². The molecule has 0 aromatic rings. The Morgan fingerprint density at radius 1 is 0.286 bits per heavy atom. The zero-order valence-corrected chi connectivity index (χ0v) is 17.2. The number of halogens is 5. The molecule has 14 heavy (non-hydrogen) atoms. The van der Waals surface area contributed by atoms with E-state index >= 15 is 0 Å². The maximum absolute atomic E-state index is 0. The first-order valence-electron chi connectivity index (χ1n) is 0. The van der Waals surface area contributed by atoms with E-state index in [1.165, 1.54) is 0 Å². The Kier molecular flexibility index (Phi) is 3960. The molecule has 0 fully saturated rings. The predicted octanol–water partition coefficient (Wildman–Crippen LogP) is -17.4. The zero-order valence-electron chi connectivity index (χ0n) is 6.69. The molecule has 14 heteroatoms. The molecular weight excluding hydrogens is 391 g/mol. The summed E-state index contributed by atoms with van der Waals surface area (Å²) in [5, 5.41) is 0. The van der Waals surface area contributed by atoms with Crippen molar-refractivity contribution in [1.29, 1.82) is 0 Å². The smallest absolute Gasteiger partial charge is 1.00 e. The molecule has 0 aliphatic rings. The summed E-state index contributed by atoms with van der Waals surface area (Å²) in [5.74, 6) is 0. The number of hydrogen-bond donors (Lipinski definition) is 0. The Morgan fingerprint density at radius 2 is 0.286 bits per heavy atom. The van der Waals surface area contributed by atoms with E-state index in [-0.39, 0.29) is 200 Å². The first kappa shape index (κ1) is 256. The minimum absolute atomic E-state index is 0. The van der Waals surface area contributed by atoms with Crippen molar-refractivity contribution in [1.82, 2.24) is 0 Å². The monoisotopic (exact) mass is 394 g/mol. The van der Waals surface area contributed by atoms with Crippen LogP contribution in [0.2, 0.25) is 0 Å². The summed E-state index contributed by atoms with van der Waals surface area (Å²) in [6, 6.07) is 0. The molecule has 0 bridgehead atoms. The minimum atomic E-state index is 0. The molecule has 0 amide bonds. The van der Waals surface area contributed by atoms with Gasteiger partial charge in [-0.1, -0.05) is 0 Å². The second kappa shape index (κ2) is 216. The Labute approximate surface area is 196 Å². The van der Waals surface area contributed by atoms with Gasteiger partial charge in [0.15, 0.2) is 0 Å². The van der Waals surface area contributed by atoms with Gasteiger partial charge in [0.2, 0.25) is 0 Å². The Morgan fingerprint density at radius 3 is 0.286 bits per heavy atom. The Balaban J connectivity index is 0. The van der Waals surface area contributed by atoms with Crippen LogP contribution in [0, 0.1) is 0 Å². The quantitative estimate of drug-likeness (QED) is 0.373. The summed E-state index contributed by atoms with van der Waals surface area (Å²) in [6.45, 7) is 0. The summed E-state index contributed by atoms with van der Waals surface area (Å²) < 4.78 is 0. The molecule has 0 saturated heterocycles. The molecule has 0 rings (SSSR count). The maximum atomic E-state index is 0. The molecular formula is H5Al2Ca2Cl5O5. The second-order valence-corrected chi connectivity index (χ2v) is 0. The topological polar surface area (TPSA) is 150 Å². The van der Waals surface area contributed by atoms with E-state index < -0.39 is 0 Å². The largest absolute Gasteiger partial charge is 3.00 e. The van der Waals surface area contributed by atoms with Gasteiger partial charge in [-0.3, -0.25) is 0 Å². The van der Waals surface area contributed by atoms with E-state index in [0.29, 0.717) is 0 Å². The third kappa shape index (κ3) is 181. The number of hydrogen-bond acceptors (Lipinski definition) is 5. The fourth-order valence-corrected chi connectivity index (χ4v) is 0. The summed E-state index contributed by atoms with van der Waals surface area (Å²) >= 11 is 0. The van der Waals surface area contributed by atoms with E-state index in [1.807, 2.05) is 0 Å². The van der Waals surface area contributed by atoms with Crippen molar-refractivity contribution in [3.63, 3.8) is 0 Å². The third-order valence-corrected chi connectivity index (χ3v) is 0. The van der Waals surface area contributed by atoms with E-state index in [1.54, 1.807) is 0 Å². The van der Waals surface area contributed by atoms with E-state index in [2.05, 4.69) is 0 Å². The van der Waals surface area contributed by atoms with Gasteiger partial charge in [-0.15, -0.1) is 0 Å². The molecule has 80 valence electrons. The van der Waals surface area contributed by atoms with Crippen LogP contribution in [0.25, 0.3) is 0 Å². The molecule has 0 spiro atoms. The van der Waals surface area contributed by atoms with E-state index in [4.69, 9.17) is 0 Å². The summed E-state index contributed by atoms with van der Waals surface area (Å²) in [5.41, 5.74) is 0. The van der Waals surface area contributed by atoms with Crippen LogP contribution in [0.5, 0.6) is 0 Å². The molecule has 5 nitrogen and oxygen atoms in total. The van der Waals surface area contributed by atoms with Gasteiger partial charge in [-0.25, -0.2) is 0 Å². The van der Waals surface area contributed by atoms with Gasteiger partial charge in [0.25, 0.3) is 0 Å². The van der Waals surface area contributed by atoms with Crippen LogP contribution in [-0.2, 0) is 0 Å². The summed E-state index contributed by atoms with van der Waals surface area (Å²) in [6.07, 6.45) is 0. The van der Waals surface area contributed by atoms with Gasteiger partial charge < -0.3 is 89.4 Å². The van der Waals surface area contributed by atoms with Crippen molar-refractivity contribution in [3.05, 3.63) is 0 Å². The minimum Gasteiger partial charge on any atom is -1.00 e. The number of rotatable bonds is 0. The van der Waals surface area contributed by atoms with Crippen LogP contribution in [0.3, 0.4) is 0 Å². The van der Waals surface area contributed by atoms with Crippen molar-refractivity contribution in [2.75, 3.05) is 0 Å².